The standard InChI is InChI=1S/C25H26N2O6/c1-30-21-14-18(15-22(31-2)25(21)32-3)11-12-24(29)27(16-20-10-7-13-33-20)17-23(28)26-19-8-5-4-6-9-19/h4-15H,16-17H2,1-3H3,(H,26,28)/b12-11+. The van der Waals surface area contributed by atoms with Crippen molar-refractivity contribution in [1.82, 2.24) is 4.90 Å². The molecule has 0 atom stereocenters. The number of nitrogens with one attached hydrogen (secondary N) is 1. The molecule has 0 unspecified atom stereocenters. The summed E-state index contributed by atoms with van der Waals surface area (Å²) in [5.74, 6) is 1.29. The second-order valence-corrected chi connectivity index (χ2v) is 6.98. The second-order valence-electron chi connectivity index (χ2n) is 6.98. The summed E-state index contributed by atoms with van der Waals surface area (Å²) in [6.07, 6.45) is 4.53. The molecule has 3 rings (SSSR count). The molecule has 0 bridgehead atoms. The van der Waals surface area contributed by atoms with E-state index in [0.29, 0.717) is 34.3 Å². The summed E-state index contributed by atoms with van der Waals surface area (Å²) in [5.41, 5.74) is 1.32. The molecule has 1 N–H and O–H groups in total. The minimum atomic E-state index is -0.358. The summed E-state index contributed by atoms with van der Waals surface area (Å²) in [4.78, 5) is 26.9. The van der Waals surface area contributed by atoms with Crippen LogP contribution in [0.5, 0.6) is 17.2 Å². The van der Waals surface area contributed by atoms with Gasteiger partial charge in [-0.3, -0.25) is 9.59 Å². The van der Waals surface area contributed by atoms with Crippen molar-refractivity contribution in [3.05, 3.63) is 78.3 Å². The number of para-hydroxylation sites is 1. The molecule has 0 saturated carbocycles. The first-order chi connectivity index (χ1) is 16.0. The van der Waals surface area contributed by atoms with Crippen molar-refractivity contribution in [3.63, 3.8) is 0 Å². The molecular weight excluding hydrogens is 424 g/mol. The summed E-state index contributed by atoms with van der Waals surface area (Å²) in [7, 11) is 4.56. The molecule has 0 radical (unpaired) electrons. The van der Waals surface area contributed by atoms with Crippen LogP contribution in [0.25, 0.3) is 6.08 Å². The monoisotopic (exact) mass is 450 g/mol. The van der Waals surface area contributed by atoms with Crippen molar-refractivity contribution in [2.45, 2.75) is 6.54 Å². The number of carbonyl (C=O) groups is 2. The van der Waals surface area contributed by atoms with Crippen LogP contribution in [-0.2, 0) is 16.1 Å². The van der Waals surface area contributed by atoms with Crippen LogP contribution in [0.15, 0.2) is 71.4 Å². The highest BCUT2D eigenvalue weighted by molar-refractivity contribution is 5.98. The molecule has 3 aromatic rings. The fraction of sp³-hybridized carbons (Fsp3) is 0.200. The number of amides is 2. The molecule has 2 amide bonds. The zero-order valence-electron chi connectivity index (χ0n) is 18.7. The summed E-state index contributed by atoms with van der Waals surface area (Å²) < 4.78 is 21.4. The van der Waals surface area contributed by atoms with Crippen molar-refractivity contribution in [2.75, 3.05) is 33.2 Å². The first kappa shape index (κ1) is 23.5. The molecule has 8 heteroatoms. The van der Waals surface area contributed by atoms with Crippen molar-refractivity contribution in [2.24, 2.45) is 0 Å². The smallest absolute Gasteiger partial charge is 0.247 e. The van der Waals surface area contributed by atoms with Gasteiger partial charge in [0, 0.05) is 11.8 Å². The van der Waals surface area contributed by atoms with Crippen molar-refractivity contribution in [1.29, 1.82) is 0 Å². The molecule has 0 saturated heterocycles. The quantitative estimate of drug-likeness (QED) is 0.470. The number of ether oxygens (including phenoxy) is 3. The normalized spacial score (nSPS) is 10.6. The van der Waals surface area contributed by atoms with Gasteiger partial charge in [0.25, 0.3) is 0 Å². The highest BCUT2D eigenvalue weighted by Crippen LogP contribution is 2.38. The zero-order valence-corrected chi connectivity index (χ0v) is 18.7. The maximum Gasteiger partial charge on any atom is 0.247 e. The lowest BCUT2D eigenvalue weighted by atomic mass is 10.1. The average molecular weight is 450 g/mol. The number of benzene rings is 2. The minimum absolute atomic E-state index is 0.145. The molecule has 0 spiro atoms. The van der Waals surface area contributed by atoms with Gasteiger partial charge < -0.3 is 28.8 Å². The number of anilines is 1. The van der Waals surface area contributed by atoms with E-state index >= 15 is 0 Å². The van der Waals surface area contributed by atoms with Gasteiger partial charge in [0.2, 0.25) is 17.6 Å². The van der Waals surface area contributed by atoms with Gasteiger partial charge in [-0.05, 0) is 48.0 Å². The number of rotatable bonds is 10. The van der Waals surface area contributed by atoms with Crippen LogP contribution in [0, 0.1) is 0 Å². The van der Waals surface area contributed by atoms with E-state index in [-0.39, 0.29) is 24.9 Å². The molecule has 172 valence electrons. The van der Waals surface area contributed by atoms with Crippen molar-refractivity contribution in [3.8, 4) is 17.2 Å². The summed E-state index contributed by atoms with van der Waals surface area (Å²) in [6, 6.07) is 16.0. The third-order valence-corrected chi connectivity index (χ3v) is 4.74. The molecule has 33 heavy (non-hydrogen) atoms. The SMILES string of the molecule is COc1cc(/C=C/C(=O)N(CC(=O)Nc2ccccc2)Cc2ccco2)cc(OC)c1OC. The zero-order chi connectivity index (χ0) is 23.6. The molecule has 1 aromatic heterocycles. The topological polar surface area (TPSA) is 90.2 Å². The first-order valence-electron chi connectivity index (χ1n) is 10.2. The Bertz CT molecular complexity index is 1070. The van der Waals surface area contributed by atoms with Crippen LogP contribution >= 0.6 is 0 Å². The van der Waals surface area contributed by atoms with E-state index in [1.807, 2.05) is 18.2 Å². The van der Waals surface area contributed by atoms with Crippen molar-refractivity contribution >= 4 is 23.6 Å². The maximum absolute atomic E-state index is 13.0. The van der Waals surface area contributed by atoms with Gasteiger partial charge >= 0.3 is 0 Å². The van der Waals surface area contributed by atoms with Gasteiger partial charge in [-0.25, -0.2) is 0 Å². The molecule has 2 aromatic carbocycles. The van der Waals surface area contributed by atoms with E-state index in [2.05, 4.69) is 5.32 Å². The number of carbonyl (C=O) groups excluding carboxylic acids is 2. The lowest BCUT2D eigenvalue weighted by Gasteiger charge is -2.20. The van der Waals surface area contributed by atoms with E-state index < -0.39 is 0 Å². The van der Waals surface area contributed by atoms with E-state index in [0.717, 1.165) is 0 Å². The van der Waals surface area contributed by atoms with Gasteiger partial charge in [-0.15, -0.1) is 0 Å². The Hall–Kier alpha value is -4.20. The van der Waals surface area contributed by atoms with Gasteiger partial charge in [0.15, 0.2) is 11.5 Å². The van der Waals surface area contributed by atoms with Crippen LogP contribution in [0.2, 0.25) is 0 Å². The molecular formula is C25H26N2O6. The molecule has 0 fully saturated rings. The number of methoxy groups -OCH3 is 3. The molecule has 0 aliphatic heterocycles. The Morgan fingerprint density at radius 1 is 0.970 bits per heavy atom. The molecule has 1 heterocycles. The summed E-state index contributed by atoms with van der Waals surface area (Å²) in [6.45, 7) is 0.00165. The van der Waals surface area contributed by atoms with E-state index in [1.54, 1.807) is 42.5 Å². The first-order valence-corrected chi connectivity index (χ1v) is 10.2. The van der Waals surface area contributed by atoms with Crippen LogP contribution in [0.4, 0.5) is 5.69 Å². The van der Waals surface area contributed by atoms with Crippen LogP contribution in [-0.4, -0.2) is 44.6 Å². The predicted molar refractivity (Wildman–Crippen MR) is 124 cm³/mol. The average Bonchev–Trinajstić information content (AvgIpc) is 3.35. The Balaban J connectivity index is 1.78. The van der Waals surface area contributed by atoms with Crippen LogP contribution in [0.3, 0.4) is 0 Å². The van der Waals surface area contributed by atoms with Gasteiger partial charge in [-0.1, -0.05) is 18.2 Å². The van der Waals surface area contributed by atoms with Gasteiger partial charge in [-0.2, -0.15) is 0 Å². The molecule has 8 nitrogen and oxygen atoms in total. The largest absolute Gasteiger partial charge is 0.493 e. The van der Waals surface area contributed by atoms with Crippen molar-refractivity contribution < 1.29 is 28.2 Å². The Labute approximate surface area is 192 Å². The fourth-order valence-electron chi connectivity index (χ4n) is 3.17. The second kappa shape index (κ2) is 11.4. The number of hydrogen-bond donors (Lipinski definition) is 1. The van der Waals surface area contributed by atoms with Gasteiger partial charge in [0.05, 0.1) is 34.1 Å². The van der Waals surface area contributed by atoms with E-state index in [4.69, 9.17) is 18.6 Å². The highest BCUT2D eigenvalue weighted by atomic mass is 16.5. The van der Waals surface area contributed by atoms with E-state index in [9.17, 15) is 9.59 Å². The Morgan fingerprint density at radius 3 is 2.24 bits per heavy atom. The third kappa shape index (κ3) is 6.39. The number of hydrogen-bond acceptors (Lipinski definition) is 6. The van der Waals surface area contributed by atoms with Crippen LogP contribution in [0.1, 0.15) is 11.3 Å². The lowest BCUT2D eigenvalue weighted by molar-refractivity contribution is -0.131. The summed E-state index contributed by atoms with van der Waals surface area (Å²) >= 11 is 0. The van der Waals surface area contributed by atoms with Crippen LogP contribution < -0.4 is 19.5 Å². The highest BCUT2D eigenvalue weighted by Gasteiger charge is 2.18. The third-order valence-electron chi connectivity index (χ3n) is 4.74. The molecule has 0 aliphatic rings. The Morgan fingerprint density at radius 2 is 1.67 bits per heavy atom. The predicted octanol–water partition coefficient (Wildman–Crippen LogP) is 3.99. The maximum atomic E-state index is 13.0. The van der Waals surface area contributed by atoms with Gasteiger partial charge in [0.1, 0.15) is 12.3 Å². The minimum Gasteiger partial charge on any atom is -0.493 e. The Kier molecular flexibility index (Phi) is 8.13. The molecule has 0 aliphatic carbocycles. The summed E-state index contributed by atoms with van der Waals surface area (Å²) in [5, 5.41) is 2.79. The van der Waals surface area contributed by atoms with E-state index in [1.165, 1.54) is 38.6 Å². The number of nitrogens with zero attached hydrogens (tertiary/aromatic N) is 1. The number of furan rings is 1. The fourth-order valence-corrected chi connectivity index (χ4v) is 3.17. The lowest BCUT2D eigenvalue weighted by Crippen LogP contribution is -2.36.